The molecule has 0 bridgehead atoms. The van der Waals surface area contributed by atoms with E-state index in [-0.39, 0.29) is 41.2 Å². The van der Waals surface area contributed by atoms with Gasteiger partial charge < -0.3 is 15.4 Å². The molecule has 0 saturated heterocycles. The number of ketones is 1. The standard InChI is InChI=1S/C22H20FN3O4/c1-24-22(29)20-16(9-10-25-20)21(28)26-15-6-3-13(4-7-15)11-18(27)14-5-8-19(30-2)17(23)12-14/h3-8,10,12H,9,11H2,1-2H3,(H,24,29)(H,26,28). The molecule has 8 heteroatoms. The summed E-state index contributed by atoms with van der Waals surface area (Å²) in [5.41, 5.74) is 1.87. The highest BCUT2D eigenvalue weighted by Gasteiger charge is 2.23. The molecule has 154 valence electrons. The molecule has 2 N–H and O–H groups in total. The maximum Gasteiger partial charge on any atom is 0.270 e. The van der Waals surface area contributed by atoms with Crippen molar-refractivity contribution in [2.45, 2.75) is 12.8 Å². The normalized spacial score (nSPS) is 12.6. The summed E-state index contributed by atoms with van der Waals surface area (Å²) in [6, 6.07) is 10.8. The van der Waals surface area contributed by atoms with E-state index in [1.54, 1.807) is 24.3 Å². The highest BCUT2D eigenvalue weighted by molar-refractivity contribution is 6.13. The first-order valence-electron chi connectivity index (χ1n) is 9.17. The Bertz CT molecular complexity index is 1060. The van der Waals surface area contributed by atoms with Crippen molar-refractivity contribution in [3.8, 4) is 5.75 Å². The number of nitrogens with zero attached hydrogens (tertiary/aromatic N) is 1. The second-order valence-electron chi connectivity index (χ2n) is 6.52. The predicted molar refractivity (Wildman–Crippen MR) is 110 cm³/mol. The lowest BCUT2D eigenvalue weighted by Gasteiger charge is -2.09. The molecular weight excluding hydrogens is 389 g/mol. The average molecular weight is 409 g/mol. The smallest absolute Gasteiger partial charge is 0.270 e. The van der Waals surface area contributed by atoms with Gasteiger partial charge in [0.1, 0.15) is 5.70 Å². The van der Waals surface area contributed by atoms with Gasteiger partial charge in [-0.1, -0.05) is 12.1 Å². The highest BCUT2D eigenvalue weighted by Crippen LogP contribution is 2.21. The summed E-state index contributed by atoms with van der Waals surface area (Å²) in [7, 11) is 2.83. The molecule has 0 saturated carbocycles. The fourth-order valence-electron chi connectivity index (χ4n) is 2.96. The molecule has 30 heavy (non-hydrogen) atoms. The molecule has 1 heterocycles. The number of hydrogen-bond donors (Lipinski definition) is 2. The maximum absolute atomic E-state index is 13.8. The van der Waals surface area contributed by atoms with Gasteiger partial charge in [-0.3, -0.25) is 19.4 Å². The molecule has 7 nitrogen and oxygen atoms in total. The number of halogens is 1. The van der Waals surface area contributed by atoms with Crippen molar-refractivity contribution in [3.05, 3.63) is 70.7 Å². The van der Waals surface area contributed by atoms with Crippen molar-refractivity contribution >= 4 is 29.5 Å². The van der Waals surface area contributed by atoms with Gasteiger partial charge >= 0.3 is 0 Å². The van der Waals surface area contributed by atoms with Gasteiger partial charge in [0.25, 0.3) is 11.8 Å². The third-order valence-electron chi connectivity index (χ3n) is 4.57. The first-order chi connectivity index (χ1) is 14.4. The van der Waals surface area contributed by atoms with Crippen LogP contribution in [-0.2, 0) is 16.0 Å². The summed E-state index contributed by atoms with van der Waals surface area (Å²) in [5.74, 6) is -1.59. The highest BCUT2D eigenvalue weighted by atomic mass is 19.1. The first kappa shape index (κ1) is 20.9. The van der Waals surface area contributed by atoms with Crippen LogP contribution in [0.15, 0.2) is 58.7 Å². The van der Waals surface area contributed by atoms with Gasteiger partial charge in [0.2, 0.25) is 0 Å². The number of nitrogens with one attached hydrogen (secondary N) is 2. The Hall–Kier alpha value is -3.81. The minimum Gasteiger partial charge on any atom is -0.494 e. The van der Waals surface area contributed by atoms with Crippen LogP contribution < -0.4 is 15.4 Å². The molecule has 0 radical (unpaired) electrons. The Morgan fingerprint density at radius 3 is 2.47 bits per heavy atom. The Morgan fingerprint density at radius 2 is 1.83 bits per heavy atom. The number of anilines is 1. The number of rotatable bonds is 7. The number of likely N-dealkylation sites (N-methyl/N-ethyl adjacent to an activating group) is 1. The Labute approximate surface area is 172 Å². The molecule has 2 aromatic carbocycles. The lowest BCUT2D eigenvalue weighted by Crippen LogP contribution is -2.23. The number of carbonyl (C=O) groups excluding carboxylic acids is 3. The molecule has 0 unspecified atom stereocenters. The molecule has 1 aliphatic heterocycles. The molecule has 0 aromatic heterocycles. The summed E-state index contributed by atoms with van der Waals surface area (Å²) in [4.78, 5) is 40.6. The zero-order valence-corrected chi connectivity index (χ0v) is 16.5. The van der Waals surface area contributed by atoms with E-state index in [9.17, 15) is 18.8 Å². The number of hydrogen-bond acceptors (Lipinski definition) is 5. The predicted octanol–water partition coefficient (Wildman–Crippen LogP) is 2.67. The van der Waals surface area contributed by atoms with Crippen molar-refractivity contribution in [3.63, 3.8) is 0 Å². The van der Waals surface area contributed by atoms with E-state index in [0.29, 0.717) is 11.3 Å². The molecule has 0 aliphatic carbocycles. The van der Waals surface area contributed by atoms with E-state index in [1.807, 2.05) is 0 Å². The fraction of sp³-hybridized carbons (Fsp3) is 0.182. The van der Waals surface area contributed by atoms with Crippen LogP contribution in [0.2, 0.25) is 0 Å². The SMILES string of the molecule is CNC(=O)C1=C(C(=O)Nc2ccc(CC(=O)c3ccc(OC)c(F)c3)cc2)CC=N1. The summed E-state index contributed by atoms with van der Waals surface area (Å²) < 4.78 is 18.6. The molecule has 2 amide bonds. The van der Waals surface area contributed by atoms with Crippen molar-refractivity contribution in [1.82, 2.24) is 5.32 Å². The molecule has 1 aliphatic rings. The van der Waals surface area contributed by atoms with Crippen LogP contribution in [0.3, 0.4) is 0 Å². The number of Topliss-reactive ketones (excluding diaryl/α,β-unsaturated/α-hetero) is 1. The lowest BCUT2D eigenvalue weighted by molar-refractivity contribution is -0.118. The van der Waals surface area contributed by atoms with Gasteiger partial charge in [0, 0.05) is 37.4 Å². The summed E-state index contributed by atoms with van der Waals surface area (Å²) in [6.45, 7) is 0. The van der Waals surface area contributed by atoms with Gasteiger partial charge in [-0.15, -0.1) is 0 Å². The largest absolute Gasteiger partial charge is 0.494 e. The first-order valence-corrected chi connectivity index (χ1v) is 9.17. The van der Waals surface area contributed by atoms with Gasteiger partial charge in [-0.2, -0.15) is 0 Å². The average Bonchev–Trinajstić information content (AvgIpc) is 3.24. The number of benzene rings is 2. The number of aliphatic imine (C=N–C) groups is 1. The minimum atomic E-state index is -0.595. The Morgan fingerprint density at radius 1 is 1.10 bits per heavy atom. The lowest BCUT2D eigenvalue weighted by atomic mass is 10.0. The topological polar surface area (TPSA) is 96.9 Å². The fourth-order valence-corrected chi connectivity index (χ4v) is 2.96. The molecular formula is C22H20FN3O4. The van der Waals surface area contributed by atoms with Crippen molar-refractivity contribution in [2.24, 2.45) is 4.99 Å². The molecule has 2 aromatic rings. The maximum atomic E-state index is 13.8. The molecule has 0 fully saturated rings. The van der Waals surface area contributed by atoms with Crippen LogP contribution in [0, 0.1) is 5.82 Å². The van der Waals surface area contributed by atoms with E-state index < -0.39 is 17.6 Å². The molecule has 0 spiro atoms. The Kier molecular flexibility index (Phi) is 6.36. The van der Waals surface area contributed by atoms with Gasteiger partial charge in [-0.05, 0) is 35.9 Å². The van der Waals surface area contributed by atoms with E-state index in [0.717, 1.165) is 6.07 Å². The second-order valence-corrected chi connectivity index (χ2v) is 6.52. The minimum absolute atomic E-state index is 0.0778. The third-order valence-corrected chi connectivity index (χ3v) is 4.57. The van der Waals surface area contributed by atoms with E-state index in [2.05, 4.69) is 15.6 Å². The third kappa shape index (κ3) is 4.60. The number of ether oxygens (including phenoxy) is 1. The molecule has 0 atom stereocenters. The summed E-state index contributed by atoms with van der Waals surface area (Å²) >= 11 is 0. The van der Waals surface area contributed by atoms with Crippen molar-refractivity contribution in [2.75, 3.05) is 19.5 Å². The zero-order chi connectivity index (χ0) is 21.7. The number of methoxy groups -OCH3 is 1. The van der Waals surface area contributed by atoms with Crippen LogP contribution in [0.4, 0.5) is 10.1 Å². The van der Waals surface area contributed by atoms with Crippen molar-refractivity contribution < 1.29 is 23.5 Å². The van der Waals surface area contributed by atoms with Crippen LogP contribution in [-0.4, -0.2) is 38.0 Å². The monoisotopic (exact) mass is 409 g/mol. The summed E-state index contributed by atoms with van der Waals surface area (Å²) in [6.07, 6.45) is 1.87. The van der Waals surface area contributed by atoms with Crippen LogP contribution in [0.5, 0.6) is 5.75 Å². The quantitative estimate of drug-likeness (QED) is 0.687. The van der Waals surface area contributed by atoms with E-state index in [1.165, 1.54) is 32.5 Å². The second kappa shape index (κ2) is 9.13. The van der Waals surface area contributed by atoms with Gasteiger partial charge in [0.05, 0.1) is 12.7 Å². The van der Waals surface area contributed by atoms with Gasteiger partial charge in [-0.25, -0.2) is 4.39 Å². The van der Waals surface area contributed by atoms with Crippen LogP contribution >= 0.6 is 0 Å². The zero-order valence-electron chi connectivity index (χ0n) is 16.5. The summed E-state index contributed by atoms with van der Waals surface area (Å²) in [5, 5.41) is 5.17. The number of carbonyl (C=O) groups is 3. The van der Waals surface area contributed by atoms with E-state index in [4.69, 9.17) is 4.74 Å². The van der Waals surface area contributed by atoms with Crippen LogP contribution in [0.25, 0.3) is 0 Å². The van der Waals surface area contributed by atoms with E-state index >= 15 is 0 Å². The van der Waals surface area contributed by atoms with Gasteiger partial charge in [0.15, 0.2) is 17.3 Å². The molecule has 3 rings (SSSR count). The Balaban J connectivity index is 1.65. The van der Waals surface area contributed by atoms with Crippen LogP contribution in [0.1, 0.15) is 22.3 Å². The van der Waals surface area contributed by atoms with Crippen molar-refractivity contribution in [1.29, 1.82) is 0 Å². The number of amides is 2.